The highest BCUT2D eigenvalue weighted by atomic mass is 19.4. The quantitative estimate of drug-likeness (QED) is 0.242. The molecule has 2 aromatic heterocycles. The van der Waals surface area contributed by atoms with E-state index in [1.54, 1.807) is 30.5 Å². The van der Waals surface area contributed by atoms with Crippen LogP contribution in [0.1, 0.15) is 27.3 Å². The number of alkyl halides is 3. The van der Waals surface area contributed by atoms with E-state index >= 15 is 0 Å². The Morgan fingerprint density at radius 3 is 2.66 bits per heavy atom. The fraction of sp³-hybridized carbons (Fsp3) is 0.0833. The third-order valence-corrected chi connectivity index (χ3v) is 5.20. The second kappa shape index (κ2) is 9.29. The fourth-order valence-corrected chi connectivity index (χ4v) is 3.35. The first-order chi connectivity index (χ1) is 16.7. The number of carbonyl (C=O) groups is 1. The zero-order chi connectivity index (χ0) is 25.2. The van der Waals surface area contributed by atoms with Gasteiger partial charge in [-0.25, -0.2) is 9.97 Å². The van der Waals surface area contributed by atoms with E-state index in [1.165, 1.54) is 18.3 Å². The summed E-state index contributed by atoms with van der Waals surface area (Å²) in [4.78, 5) is 24.7. The lowest BCUT2D eigenvalue weighted by atomic mass is 10.1. The fourth-order valence-electron chi connectivity index (χ4n) is 3.35. The van der Waals surface area contributed by atoms with Crippen molar-refractivity contribution in [2.24, 2.45) is 5.73 Å². The van der Waals surface area contributed by atoms with Gasteiger partial charge in [-0.05, 0) is 48.9 Å². The van der Waals surface area contributed by atoms with E-state index in [0.29, 0.717) is 28.1 Å². The summed E-state index contributed by atoms with van der Waals surface area (Å²) in [5.41, 5.74) is 7.85. The minimum Gasteiger partial charge on any atom is -0.404 e. The third kappa shape index (κ3) is 4.98. The van der Waals surface area contributed by atoms with E-state index in [-0.39, 0.29) is 17.1 Å². The van der Waals surface area contributed by atoms with Gasteiger partial charge < -0.3 is 26.8 Å². The van der Waals surface area contributed by atoms with Crippen molar-refractivity contribution in [3.63, 3.8) is 0 Å². The second-order valence-electron chi connectivity index (χ2n) is 7.59. The van der Waals surface area contributed by atoms with Gasteiger partial charge in [-0.15, -0.1) is 0 Å². The molecule has 0 spiro atoms. The number of rotatable bonds is 6. The molecule has 0 fully saturated rings. The first kappa shape index (κ1) is 23.5. The summed E-state index contributed by atoms with van der Waals surface area (Å²) in [6, 6.07) is 11.0. The van der Waals surface area contributed by atoms with E-state index in [4.69, 9.17) is 11.1 Å². The van der Waals surface area contributed by atoms with E-state index < -0.39 is 17.6 Å². The van der Waals surface area contributed by atoms with E-state index in [1.807, 2.05) is 6.92 Å². The number of aromatic amines is 1. The number of aromatic nitrogens is 3. The van der Waals surface area contributed by atoms with Crippen molar-refractivity contribution in [1.82, 2.24) is 15.0 Å². The summed E-state index contributed by atoms with van der Waals surface area (Å²) in [5, 5.41) is 13.2. The van der Waals surface area contributed by atoms with Crippen molar-refractivity contribution < 1.29 is 18.0 Å². The standard InChI is InChI=1S/C24H20F3N7O/c1-13-5-6-14(23(35)31-17-4-2-3-16(10-17)24(25,26)27)9-19(13)33-22-20-18(7-8-30-20)32-21(34-22)15(11-28)12-29/h2-12,28,30H,29H2,1H3,(H,31,35)(H,32,33,34)/b15-12+,28-11?. The summed E-state index contributed by atoms with van der Waals surface area (Å²) in [7, 11) is 0. The van der Waals surface area contributed by atoms with Crippen molar-refractivity contribution in [2.45, 2.75) is 13.1 Å². The Kier molecular flexibility index (Phi) is 6.24. The van der Waals surface area contributed by atoms with E-state index in [0.717, 1.165) is 23.9 Å². The number of nitrogens with one attached hydrogen (secondary N) is 4. The number of aryl methyl sites for hydroxylation is 1. The topological polar surface area (TPSA) is 133 Å². The van der Waals surface area contributed by atoms with Crippen LogP contribution >= 0.6 is 0 Å². The molecule has 8 nitrogen and oxygen atoms in total. The third-order valence-electron chi connectivity index (χ3n) is 5.20. The highest BCUT2D eigenvalue weighted by Crippen LogP contribution is 2.31. The Hall–Kier alpha value is -4.67. The highest BCUT2D eigenvalue weighted by molar-refractivity contribution is 6.07. The summed E-state index contributed by atoms with van der Waals surface area (Å²) in [6.07, 6.45) is -0.551. The Balaban J connectivity index is 1.65. The molecule has 0 unspecified atom stereocenters. The zero-order valence-electron chi connectivity index (χ0n) is 18.4. The average Bonchev–Trinajstić information content (AvgIpc) is 3.30. The van der Waals surface area contributed by atoms with Gasteiger partial charge in [0.05, 0.1) is 16.7 Å². The van der Waals surface area contributed by atoms with Crippen LogP contribution in [0.2, 0.25) is 0 Å². The van der Waals surface area contributed by atoms with Crippen molar-refractivity contribution in [3.05, 3.63) is 83.4 Å². The van der Waals surface area contributed by atoms with Crippen LogP contribution in [0.25, 0.3) is 16.6 Å². The van der Waals surface area contributed by atoms with Gasteiger partial charge in [0.15, 0.2) is 11.6 Å². The second-order valence-corrected chi connectivity index (χ2v) is 7.59. The van der Waals surface area contributed by atoms with Crippen LogP contribution in [0.3, 0.4) is 0 Å². The van der Waals surface area contributed by atoms with Crippen LogP contribution in [-0.2, 0) is 6.18 Å². The molecule has 35 heavy (non-hydrogen) atoms. The molecular formula is C24H20F3N7O. The van der Waals surface area contributed by atoms with Crippen LogP contribution in [-0.4, -0.2) is 27.1 Å². The first-order valence-electron chi connectivity index (χ1n) is 10.3. The van der Waals surface area contributed by atoms with Gasteiger partial charge >= 0.3 is 6.18 Å². The summed E-state index contributed by atoms with van der Waals surface area (Å²) in [6.45, 7) is 1.83. The van der Waals surface area contributed by atoms with Crippen molar-refractivity contribution in [2.75, 3.05) is 10.6 Å². The van der Waals surface area contributed by atoms with Crippen molar-refractivity contribution >= 4 is 45.9 Å². The number of amides is 1. The molecule has 4 aromatic rings. The minimum atomic E-state index is -4.52. The number of allylic oxidation sites excluding steroid dienone is 1. The molecule has 6 N–H and O–H groups in total. The zero-order valence-corrected chi connectivity index (χ0v) is 18.4. The van der Waals surface area contributed by atoms with Crippen LogP contribution in [0.4, 0.5) is 30.4 Å². The van der Waals surface area contributed by atoms with Gasteiger partial charge in [0.1, 0.15) is 5.52 Å². The molecule has 4 rings (SSSR count). The molecule has 0 aliphatic rings. The first-order valence-corrected chi connectivity index (χ1v) is 10.3. The molecule has 2 aromatic carbocycles. The lowest BCUT2D eigenvalue weighted by molar-refractivity contribution is -0.137. The number of benzene rings is 2. The molecule has 0 atom stereocenters. The maximum absolute atomic E-state index is 13.0. The molecule has 2 heterocycles. The lowest BCUT2D eigenvalue weighted by Crippen LogP contribution is -2.13. The molecule has 0 aliphatic carbocycles. The van der Waals surface area contributed by atoms with Gasteiger partial charge in [0.25, 0.3) is 5.91 Å². The Morgan fingerprint density at radius 2 is 1.94 bits per heavy atom. The number of carbonyl (C=O) groups excluding carboxylic acids is 1. The minimum absolute atomic E-state index is 0.0289. The largest absolute Gasteiger partial charge is 0.416 e. The maximum Gasteiger partial charge on any atom is 0.416 e. The highest BCUT2D eigenvalue weighted by Gasteiger charge is 2.30. The van der Waals surface area contributed by atoms with Crippen molar-refractivity contribution in [3.8, 4) is 0 Å². The van der Waals surface area contributed by atoms with Crippen LogP contribution in [0.5, 0.6) is 0 Å². The molecule has 0 saturated carbocycles. The van der Waals surface area contributed by atoms with Crippen LogP contribution in [0, 0.1) is 12.3 Å². The number of nitrogens with zero attached hydrogens (tertiary/aromatic N) is 2. The van der Waals surface area contributed by atoms with Gasteiger partial charge in [-0.1, -0.05) is 12.1 Å². The molecule has 0 radical (unpaired) electrons. The summed E-state index contributed by atoms with van der Waals surface area (Å²) < 4.78 is 39.0. The number of hydrogen-bond donors (Lipinski definition) is 5. The molecule has 0 saturated heterocycles. The summed E-state index contributed by atoms with van der Waals surface area (Å²) in [5.74, 6) is 0.0702. The van der Waals surface area contributed by atoms with E-state index in [9.17, 15) is 18.0 Å². The predicted molar refractivity (Wildman–Crippen MR) is 129 cm³/mol. The lowest BCUT2D eigenvalue weighted by Gasteiger charge is -2.13. The number of anilines is 3. The Bertz CT molecular complexity index is 1460. The molecular weight excluding hydrogens is 459 g/mol. The average molecular weight is 479 g/mol. The normalized spacial score (nSPS) is 11.9. The Labute approximate surface area is 197 Å². The number of halogens is 3. The monoisotopic (exact) mass is 479 g/mol. The SMILES string of the molecule is Cc1ccc(C(=O)Nc2cccc(C(F)(F)F)c2)cc1Nc1nc(/C(C=N)=C/N)nc2cc[nH]c12. The van der Waals surface area contributed by atoms with Gasteiger partial charge in [-0.3, -0.25) is 4.79 Å². The number of fused-ring (bicyclic) bond motifs is 1. The van der Waals surface area contributed by atoms with Crippen LogP contribution < -0.4 is 16.4 Å². The van der Waals surface area contributed by atoms with Gasteiger partial charge in [-0.2, -0.15) is 13.2 Å². The molecule has 0 aliphatic heterocycles. The van der Waals surface area contributed by atoms with Crippen LogP contribution in [0.15, 0.2) is 60.9 Å². The predicted octanol–water partition coefficient (Wildman–Crippen LogP) is 5.23. The number of nitrogens with two attached hydrogens (primary N) is 1. The molecule has 0 bridgehead atoms. The smallest absolute Gasteiger partial charge is 0.404 e. The number of H-pyrrole nitrogens is 1. The molecule has 11 heteroatoms. The number of hydrogen-bond acceptors (Lipinski definition) is 6. The van der Waals surface area contributed by atoms with Gasteiger partial charge in [0, 0.05) is 35.5 Å². The van der Waals surface area contributed by atoms with E-state index in [2.05, 4.69) is 25.6 Å². The van der Waals surface area contributed by atoms with Crippen molar-refractivity contribution in [1.29, 1.82) is 5.41 Å². The molecule has 1 amide bonds. The Morgan fingerprint density at radius 1 is 1.14 bits per heavy atom. The molecule has 178 valence electrons. The summed E-state index contributed by atoms with van der Waals surface area (Å²) >= 11 is 0. The maximum atomic E-state index is 13.0. The van der Waals surface area contributed by atoms with Gasteiger partial charge in [0.2, 0.25) is 0 Å².